The molecule has 0 amide bonds. The second-order valence-electron chi connectivity index (χ2n) is 6.10. The highest BCUT2D eigenvalue weighted by atomic mass is 32.2. The van der Waals surface area contributed by atoms with Crippen molar-refractivity contribution in [2.24, 2.45) is 0 Å². The Bertz CT molecular complexity index is 970. The number of alkyl halides is 3. The summed E-state index contributed by atoms with van der Waals surface area (Å²) < 4.78 is 84.5. The van der Waals surface area contributed by atoms with Crippen LogP contribution in [0.2, 0.25) is 0 Å². The number of rotatable bonds is 5. The number of ether oxygens (including phenoxy) is 1. The molecule has 27 heavy (non-hydrogen) atoms. The van der Waals surface area contributed by atoms with Crippen molar-refractivity contribution in [2.45, 2.75) is 38.4 Å². The Labute approximate surface area is 155 Å². The lowest BCUT2D eigenvalue weighted by Gasteiger charge is -2.17. The molecule has 1 N–H and O–H groups in total. The van der Waals surface area contributed by atoms with Gasteiger partial charge in [0.1, 0.15) is 11.6 Å². The molecule has 0 radical (unpaired) electrons. The smallest absolute Gasteiger partial charge is 0.416 e. The van der Waals surface area contributed by atoms with Gasteiger partial charge in [0.05, 0.1) is 17.6 Å². The fourth-order valence-electron chi connectivity index (χ4n) is 2.76. The number of hydrogen-bond donors (Lipinski definition) is 1. The van der Waals surface area contributed by atoms with Crippen LogP contribution in [0.5, 0.6) is 5.75 Å². The van der Waals surface area contributed by atoms with Crippen molar-refractivity contribution in [3.8, 4) is 5.75 Å². The molecule has 0 aromatic heterocycles. The molecule has 0 aliphatic heterocycles. The third-order valence-corrected chi connectivity index (χ3v) is 5.99. The van der Waals surface area contributed by atoms with Crippen molar-refractivity contribution < 1.29 is 30.7 Å². The minimum Gasteiger partial charge on any atom is -0.496 e. The minimum absolute atomic E-state index is 0.0353. The third-order valence-electron chi connectivity index (χ3n) is 4.30. The van der Waals surface area contributed by atoms with Gasteiger partial charge in [0.2, 0.25) is 10.0 Å². The number of benzene rings is 2. The SMILES string of the molecule is COc1cc(C)c(S(=O)(=O)NCc2ccc(C(F)(F)F)cc2F)c(C)c1C. The molecule has 0 saturated carbocycles. The summed E-state index contributed by atoms with van der Waals surface area (Å²) in [5.41, 5.74) is 0.239. The molecular weight excluding hydrogens is 386 g/mol. The van der Waals surface area contributed by atoms with Crippen LogP contribution in [-0.2, 0) is 22.7 Å². The fraction of sp³-hybridized carbons (Fsp3) is 0.333. The number of nitrogens with one attached hydrogen (secondary N) is 1. The van der Waals surface area contributed by atoms with Crippen LogP contribution in [-0.4, -0.2) is 15.5 Å². The highest BCUT2D eigenvalue weighted by molar-refractivity contribution is 7.89. The topological polar surface area (TPSA) is 55.4 Å². The van der Waals surface area contributed by atoms with E-state index in [9.17, 15) is 26.0 Å². The highest BCUT2D eigenvalue weighted by Gasteiger charge is 2.31. The highest BCUT2D eigenvalue weighted by Crippen LogP contribution is 2.32. The summed E-state index contributed by atoms with van der Waals surface area (Å²) in [7, 11) is -2.54. The quantitative estimate of drug-likeness (QED) is 0.757. The van der Waals surface area contributed by atoms with Gasteiger partial charge in [-0.15, -0.1) is 0 Å². The fourth-order valence-corrected chi connectivity index (χ4v) is 4.29. The van der Waals surface area contributed by atoms with E-state index < -0.39 is 34.1 Å². The van der Waals surface area contributed by atoms with Crippen LogP contribution in [0.1, 0.15) is 27.8 Å². The van der Waals surface area contributed by atoms with Gasteiger partial charge in [-0.3, -0.25) is 0 Å². The van der Waals surface area contributed by atoms with Crippen LogP contribution in [0.25, 0.3) is 0 Å². The van der Waals surface area contributed by atoms with Crippen molar-refractivity contribution in [3.63, 3.8) is 0 Å². The molecule has 0 aliphatic carbocycles. The van der Waals surface area contributed by atoms with Crippen LogP contribution in [0.15, 0.2) is 29.2 Å². The summed E-state index contributed by atoms with van der Waals surface area (Å²) >= 11 is 0. The molecule has 0 bridgehead atoms. The molecule has 2 aromatic carbocycles. The molecule has 2 rings (SSSR count). The van der Waals surface area contributed by atoms with E-state index in [4.69, 9.17) is 4.74 Å². The van der Waals surface area contributed by atoms with E-state index in [0.29, 0.717) is 34.6 Å². The molecule has 0 spiro atoms. The van der Waals surface area contributed by atoms with Gasteiger partial charge in [-0.25, -0.2) is 17.5 Å². The monoisotopic (exact) mass is 405 g/mol. The Morgan fingerprint density at radius 1 is 1.07 bits per heavy atom. The Morgan fingerprint density at radius 2 is 1.70 bits per heavy atom. The van der Waals surface area contributed by atoms with Gasteiger partial charge >= 0.3 is 6.18 Å². The molecule has 0 heterocycles. The lowest BCUT2D eigenvalue weighted by molar-refractivity contribution is -0.137. The first-order valence-corrected chi connectivity index (χ1v) is 9.37. The largest absolute Gasteiger partial charge is 0.496 e. The zero-order chi connectivity index (χ0) is 20.6. The summed E-state index contributed by atoms with van der Waals surface area (Å²) in [6.07, 6.45) is -4.67. The van der Waals surface area contributed by atoms with Crippen molar-refractivity contribution in [2.75, 3.05) is 7.11 Å². The molecule has 0 unspecified atom stereocenters. The van der Waals surface area contributed by atoms with Crippen molar-refractivity contribution in [1.29, 1.82) is 0 Å². The maximum atomic E-state index is 13.9. The normalized spacial score (nSPS) is 12.3. The predicted molar refractivity (Wildman–Crippen MR) is 92.6 cm³/mol. The van der Waals surface area contributed by atoms with Gasteiger partial charge in [-0.05, 0) is 55.7 Å². The zero-order valence-electron chi connectivity index (χ0n) is 15.2. The summed E-state index contributed by atoms with van der Waals surface area (Å²) in [6.45, 7) is 4.46. The molecule has 2 aromatic rings. The molecule has 9 heteroatoms. The lowest BCUT2D eigenvalue weighted by atomic mass is 10.1. The average molecular weight is 405 g/mol. The Morgan fingerprint density at radius 3 is 2.22 bits per heavy atom. The standard InChI is InChI=1S/C18H19F4NO3S/c1-10-7-16(26-4)11(2)12(3)17(10)27(24,25)23-9-13-5-6-14(8-15(13)19)18(20,21)22/h5-8,23H,9H2,1-4H3. The Hall–Kier alpha value is -2.13. The van der Waals surface area contributed by atoms with E-state index in [-0.39, 0.29) is 10.5 Å². The summed E-state index contributed by atoms with van der Waals surface area (Å²) in [5, 5.41) is 0. The first kappa shape index (κ1) is 21.2. The molecule has 148 valence electrons. The summed E-state index contributed by atoms with van der Waals surface area (Å²) in [6, 6.07) is 3.55. The van der Waals surface area contributed by atoms with Crippen LogP contribution < -0.4 is 9.46 Å². The summed E-state index contributed by atoms with van der Waals surface area (Å²) in [4.78, 5) is 0.0353. The Balaban J connectivity index is 2.32. The van der Waals surface area contributed by atoms with Gasteiger partial charge in [0, 0.05) is 12.1 Å². The minimum atomic E-state index is -4.67. The first-order valence-electron chi connectivity index (χ1n) is 7.88. The van der Waals surface area contributed by atoms with Crippen LogP contribution >= 0.6 is 0 Å². The van der Waals surface area contributed by atoms with Crippen LogP contribution in [0.3, 0.4) is 0 Å². The third kappa shape index (κ3) is 4.41. The van der Waals surface area contributed by atoms with E-state index in [1.54, 1.807) is 26.8 Å². The molecular formula is C18H19F4NO3S. The first-order chi connectivity index (χ1) is 12.4. The number of aryl methyl sites for hydroxylation is 1. The van der Waals surface area contributed by atoms with Crippen molar-refractivity contribution >= 4 is 10.0 Å². The van der Waals surface area contributed by atoms with Crippen LogP contribution in [0, 0.1) is 26.6 Å². The second-order valence-corrected chi connectivity index (χ2v) is 7.81. The predicted octanol–water partition coefficient (Wildman–Crippen LogP) is 4.26. The summed E-state index contributed by atoms with van der Waals surface area (Å²) in [5.74, 6) is -0.593. The molecule has 0 aliphatic rings. The van der Waals surface area contributed by atoms with Crippen LogP contribution in [0.4, 0.5) is 17.6 Å². The van der Waals surface area contributed by atoms with Gasteiger partial charge in [-0.1, -0.05) is 6.07 Å². The number of hydrogen-bond acceptors (Lipinski definition) is 3. The van der Waals surface area contributed by atoms with Crippen molar-refractivity contribution in [3.05, 3.63) is 57.9 Å². The number of sulfonamides is 1. The van der Waals surface area contributed by atoms with E-state index in [0.717, 1.165) is 6.07 Å². The van der Waals surface area contributed by atoms with E-state index in [1.165, 1.54) is 7.11 Å². The number of methoxy groups -OCH3 is 1. The Kier molecular flexibility index (Phi) is 5.86. The number of halogens is 4. The zero-order valence-corrected chi connectivity index (χ0v) is 16.0. The maximum Gasteiger partial charge on any atom is 0.416 e. The lowest BCUT2D eigenvalue weighted by Crippen LogP contribution is -2.25. The average Bonchev–Trinajstić information content (AvgIpc) is 2.56. The second kappa shape index (κ2) is 7.47. The molecule has 0 atom stereocenters. The van der Waals surface area contributed by atoms with Gasteiger partial charge in [0.25, 0.3) is 0 Å². The molecule has 0 saturated heterocycles. The van der Waals surface area contributed by atoms with Gasteiger partial charge in [-0.2, -0.15) is 13.2 Å². The van der Waals surface area contributed by atoms with E-state index in [1.807, 2.05) is 0 Å². The van der Waals surface area contributed by atoms with Crippen molar-refractivity contribution in [1.82, 2.24) is 4.72 Å². The van der Waals surface area contributed by atoms with E-state index >= 15 is 0 Å². The molecule has 4 nitrogen and oxygen atoms in total. The van der Waals surface area contributed by atoms with Gasteiger partial charge in [0.15, 0.2) is 0 Å². The van der Waals surface area contributed by atoms with Gasteiger partial charge < -0.3 is 4.74 Å². The molecule has 0 fully saturated rings. The van der Waals surface area contributed by atoms with E-state index in [2.05, 4.69) is 4.72 Å². The maximum absolute atomic E-state index is 13.9.